The molecule has 1 aliphatic rings. The summed E-state index contributed by atoms with van der Waals surface area (Å²) in [7, 11) is 0. The van der Waals surface area contributed by atoms with E-state index in [0.29, 0.717) is 22.7 Å². The molecule has 4 nitrogen and oxygen atoms in total. The lowest BCUT2D eigenvalue weighted by molar-refractivity contribution is -0.0679. The predicted octanol–water partition coefficient (Wildman–Crippen LogP) is 4.29. The van der Waals surface area contributed by atoms with Crippen molar-refractivity contribution in [3.05, 3.63) is 65.7 Å². The van der Waals surface area contributed by atoms with E-state index in [0.717, 1.165) is 16.3 Å². The lowest BCUT2D eigenvalue weighted by atomic mass is 9.93. The molecule has 128 valence electrons. The lowest BCUT2D eigenvalue weighted by Crippen LogP contribution is -2.31. The number of nitrogens with two attached hydrogens (primary N) is 1. The molecule has 1 heterocycles. The largest absolute Gasteiger partial charge is 0.445 e. The molecular formula is C21H21NO3. The summed E-state index contributed by atoms with van der Waals surface area (Å²) in [5, 5.41) is 12.2. The summed E-state index contributed by atoms with van der Waals surface area (Å²) in [6.07, 6.45) is 0. The molecule has 0 aliphatic carbocycles. The molecule has 4 rings (SSSR count). The minimum absolute atomic E-state index is 0.560. The monoisotopic (exact) mass is 335 g/mol. The van der Waals surface area contributed by atoms with Crippen molar-refractivity contribution in [1.29, 1.82) is 0 Å². The molecule has 0 bridgehead atoms. The summed E-state index contributed by atoms with van der Waals surface area (Å²) in [5.74, 6) is 0.519. The molecule has 0 amide bonds. The standard InChI is InChI=1S/C21H21NO3/c1-20(2,23)16-9-13-11-18-19(12-14(13)10-17(16)22)25-21(3,24-18)15-7-5-4-6-8-15/h4-12,23H,22H2,1-3H3/t21-/m1/s1. The number of rotatable bonds is 2. The van der Waals surface area contributed by atoms with Crippen LogP contribution in [0, 0.1) is 0 Å². The van der Waals surface area contributed by atoms with Crippen LogP contribution in [0.2, 0.25) is 0 Å². The maximum absolute atomic E-state index is 10.3. The SMILES string of the molecule is CC(C)(O)c1cc2cc3c(cc2cc1N)O[C@](C)(c1ccccc1)O3. The topological polar surface area (TPSA) is 64.7 Å². The van der Waals surface area contributed by atoms with Crippen LogP contribution in [0.25, 0.3) is 10.8 Å². The summed E-state index contributed by atoms with van der Waals surface area (Å²) in [6.45, 7) is 5.36. The minimum atomic E-state index is -1.01. The molecule has 4 heteroatoms. The van der Waals surface area contributed by atoms with Crippen molar-refractivity contribution in [2.24, 2.45) is 0 Å². The maximum atomic E-state index is 10.3. The van der Waals surface area contributed by atoms with Gasteiger partial charge in [-0.3, -0.25) is 0 Å². The zero-order chi connectivity index (χ0) is 17.8. The smallest absolute Gasteiger partial charge is 0.275 e. The first-order valence-corrected chi connectivity index (χ1v) is 8.30. The summed E-state index contributed by atoms with van der Waals surface area (Å²) in [4.78, 5) is 0. The van der Waals surface area contributed by atoms with Crippen LogP contribution in [0.5, 0.6) is 11.5 Å². The van der Waals surface area contributed by atoms with E-state index in [4.69, 9.17) is 15.2 Å². The molecule has 1 aliphatic heterocycles. The number of fused-ring (bicyclic) bond motifs is 2. The van der Waals surface area contributed by atoms with E-state index in [-0.39, 0.29) is 0 Å². The van der Waals surface area contributed by atoms with Gasteiger partial charge in [-0.15, -0.1) is 0 Å². The van der Waals surface area contributed by atoms with Crippen LogP contribution in [-0.4, -0.2) is 5.11 Å². The predicted molar refractivity (Wildman–Crippen MR) is 98.7 cm³/mol. The van der Waals surface area contributed by atoms with Gasteiger partial charge in [-0.1, -0.05) is 30.3 Å². The fourth-order valence-corrected chi connectivity index (χ4v) is 3.31. The van der Waals surface area contributed by atoms with Gasteiger partial charge in [-0.2, -0.15) is 0 Å². The summed E-state index contributed by atoms with van der Waals surface area (Å²) < 4.78 is 12.2. The lowest BCUT2D eigenvalue weighted by Gasteiger charge is -2.23. The number of anilines is 1. The number of ether oxygens (including phenoxy) is 2. The maximum Gasteiger partial charge on any atom is 0.275 e. The zero-order valence-corrected chi connectivity index (χ0v) is 14.5. The van der Waals surface area contributed by atoms with E-state index in [1.165, 1.54) is 0 Å². The van der Waals surface area contributed by atoms with E-state index in [1.54, 1.807) is 13.8 Å². The van der Waals surface area contributed by atoms with Crippen LogP contribution in [0.1, 0.15) is 31.9 Å². The third-order valence-corrected chi connectivity index (χ3v) is 4.64. The van der Waals surface area contributed by atoms with E-state index < -0.39 is 11.4 Å². The number of benzene rings is 3. The molecule has 0 spiro atoms. The number of nitrogen functional groups attached to an aromatic ring is 1. The summed E-state index contributed by atoms with van der Waals surface area (Å²) >= 11 is 0. The number of hydrogen-bond acceptors (Lipinski definition) is 4. The van der Waals surface area contributed by atoms with Crippen molar-refractivity contribution in [3.8, 4) is 11.5 Å². The Hall–Kier alpha value is -2.72. The Bertz CT molecular complexity index is 960. The van der Waals surface area contributed by atoms with Gasteiger partial charge in [-0.05, 0) is 48.9 Å². The van der Waals surface area contributed by atoms with E-state index in [2.05, 4.69) is 0 Å². The Morgan fingerprint density at radius 3 is 2.04 bits per heavy atom. The number of aliphatic hydroxyl groups is 1. The second kappa shape index (κ2) is 5.14. The molecule has 0 unspecified atom stereocenters. The van der Waals surface area contributed by atoms with Crippen molar-refractivity contribution in [2.45, 2.75) is 32.2 Å². The highest BCUT2D eigenvalue weighted by Gasteiger charge is 2.38. The van der Waals surface area contributed by atoms with Crippen LogP contribution >= 0.6 is 0 Å². The molecule has 3 aromatic carbocycles. The number of hydrogen-bond donors (Lipinski definition) is 2. The average Bonchev–Trinajstić information content (AvgIpc) is 2.88. The highest BCUT2D eigenvalue weighted by molar-refractivity contribution is 5.90. The highest BCUT2D eigenvalue weighted by Crippen LogP contribution is 2.46. The quantitative estimate of drug-likeness (QED) is 0.686. The third kappa shape index (κ3) is 2.59. The molecule has 3 N–H and O–H groups in total. The van der Waals surface area contributed by atoms with Gasteiger partial charge in [0.1, 0.15) is 0 Å². The van der Waals surface area contributed by atoms with Gasteiger partial charge < -0.3 is 20.3 Å². The second-order valence-corrected chi connectivity index (χ2v) is 7.16. The molecule has 0 fully saturated rings. The first-order valence-electron chi connectivity index (χ1n) is 8.30. The van der Waals surface area contributed by atoms with Gasteiger partial charge in [0.05, 0.1) is 5.60 Å². The summed E-state index contributed by atoms with van der Waals surface area (Å²) in [5.41, 5.74) is 7.33. The molecule has 0 saturated carbocycles. The first-order chi connectivity index (χ1) is 11.8. The Labute approximate surface area is 146 Å². The van der Waals surface area contributed by atoms with E-state index in [9.17, 15) is 5.11 Å². The van der Waals surface area contributed by atoms with Gasteiger partial charge in [0.15, 0.2) is 11.5 Å². The molecular weight excluding hydrogens is 314 g/mol. The van der Waals surface area contributed by atoms with Crippen molar-refractivity contribution in [2.75, 3.05) is 5.73 Å². The van der Waals surface area contributed by atoms with Crippen LogP contribution in [0.15, 0.2) is 54.6 Å². The van der Waals surface area contributed by atoms with Crippen molar-refractivity contribution in [3.63, 3.8) is 0 Å². The molecule has 0 aromatic heterocycles. The van der Waals surface area contributed by atoms with Crippen LogP contribution in [0.3, 0.4) is 0 Å². The van der Waals surface area contributed by atoms with E-state index >= 15 is 0 Å². The van der Waals surface area contributed by atoms with Crippen LogP contribution in [-0.2, 0) is 11.4 Å². The Kier molecular flexibility index (Phi) is 3.24. The normalized spacial score (nSPS) is 19.4. The Morgan fingerprint density at radius 2 is 1.48 bits per heavy atom. The van der Waals surface area contributed by atoms with Gasteiger partial charge in [0.2, 0.25) is 0 Å². The molecule has 3 aromatic rings. The molecule has 0 radical (unpaired) electrons. The highest BCUT2D eigenvalue weighted by atomic mass is 16.7. The van der Waals surface area contributed by atoms with Crippen molar-refractivity contribution >= 4 is 16.5 Å². The molecule has 0 saturated heterocycles. The van der Waals surface area contributed by atoms with Gasteiger partial charge in [-0.25, -0.2) is 0 Å². The Morgan fingerprint density at radius 1 is 0.920 bits per heavy atom. The van der Waals surface area contributed by atoms with Gasteiger partial charge in [0.25, 0.3) is 5.79 Å². The average molecular weight is 335 g/mol. The van der Waals surface area contributed by atoms with Crippen molar-refractivity contribution < 1.29 is 14.6 Å². The second-order valence-electron chi connectivity index (χ2n) is 7.16. The van der Waals surface area contributed by atoms with Crippen LogP contribution < -0.4 is 15.2 Å². The fourth-order valence-electron chi connectivity index (χ4n) is 3.31. The van der Waals surface area contributed by atoms with Gasteiger partial charge >= 0.3 is 0 Å². The molecule has 25 heavy (non-hydrogen) atoms. The minimum Gasteiger partial charge on any atom is -0.445 e. The Balaban J connectivity index is 1.81. The zero-order valence-electron chi connectivity index (χ0n) is 14.5. The van der Waals surface area contributed by atoms with Crippen molar-refractivity contribution in [1.82, 2.24) is 0 Å². The van der Waals surface area contributed by atoms with Crippen LogP contribution in [0.4, 0.5) is 5.69 Å². The van der Waals surface area contributed by atoms with Gasteiger partial charge in [0, 0.05) is 23.7 Å². The summed E-state index contributed by atoms with van der Waals surface area (Å²) in [6, 6.07) is 17.5. The first kappa shape index (κ1) is 15.8. The molecule has 1 atom stereocenters. The van der Waals surface area contributed by atoms with E-state index in [1.807, 2.05) is 61.5 Å². The fraction of sp³-hybridized carbons (Fsp3) is 0.238. The third-order valence-electron chi connectivity index (χ3n) is 4.64.